The quantitative estimate of drug-likeness (QED) is 0.280. The predicted molar refractivity (Wildman–Crippen MR) is 122 cm³/mol. The van der Waals surface area contributed by atoms with E-state index in [0.29, 0.717) is 0 Å². The molecule has 0 unspecified atom stereocenters. The van der Waals surface area contributed by atoms with Crippen LogP contribution in [0.4, 0.5) is 0 Å². The van der Waals surface area contributed by atoms with Crippen LogP contribution in [0, 0.1) is 0 Å². The average molecular weight is 396 g/mol. The molecule has 5 heterocycles. The molecule has 0 fully saturated rings. The van der Waals surface area contributed by atoms with Gasteiger partial charge in [0.05, 0.1) is 11.0 Å². The number of hydrogen-bond acceptors (Lipinski definition) is 4. The number of furan rings is 2. The second-order valence-electron chi connectivity index (χ2n) is 10.3. The lowest BCUT2D eigenvalue weighted by molar-refractivity contribution is 0.542. The Morgan fingerprint density at radius 3 is 2.10 bits per heavy atom. The number of nitrogens with zero attached hydrogens (tertiary/aromatic N) is 4. The van der Waals surface area contributed by atoms with Crippen LogP contribution in [-0.2, 0) is 10.8 Å². The van der Waals surface area contributed by atoms with Gasteiger partial charge in [0.2, 0.25) is 0 Å². The van der Waals surface area contributed by atoms with Crippen molar-refractivity contribution < 1.29 is 4.42 Å². The highest BCUT2D eigenvalue weighted by Crippen LogP contribution is 2.37. The van der Waals surface area contributed by atoms with Crippen molar-refractivity contribution in [1.82, 2.24) is 19.4 Å². The highest BCUT2D eigenvalue weighted by molar-refractivity contribution is 6.14. The molecular formula is C25H24N4O. The second kappa shape index (κ2) is 5.28. The molecule has 0 saturated heterocycles. The van der Waals surface area contributed by atoms with Crippen LogP contribution >= 0.6 is 0 Å². The first-order valence-electron chi connectivity index (χ1n) is 10.4. The fourth-order valence-electron chi connectivity index (χ4n) is 4.34. The van der Waals surface area contributed by atoms with Gasteiger partial charge in [-0.3, -0.25) is 4.40 Å². The van der Waals surface area contributed by atoms with E-state index in [1.807, 2.05) is 12.1 Å². The molecule has 6 aromatic rings. The summed E-state index contributed by atoms with van der Waals surface area (Å²) in [6.07, 6.45) is 0. The van der Waals surface area contributed by atoms with E-state index in [9.17, 15) is 0 Å². The Kier molecular flexibility index (Phi) is 3.10. The van der Waals surface area contributed by atoms with Crippen molar-refractivity contribution >= 4 is 49.7 Å². The summed E-state index contributed by atoms with van der Waals surface area (Å²) in [4.78, 5) is 15.1. The number of benzene rings is 2. The van der Waals surface area contributed by atoms with E-state index in [-0.39, 0.29) is 10.8 Å². The van der Waals surface area contributed by atoms with Crippen LogP contribution < -0.4 is 0 Å². The molecule has 0 aliphatic carbocycles. The first-order chi connectivity index (χ1) is 14.1. The second-order valence-corrected chi connectivity index (χ2v) is 10.3. The van der Waals surface area contributed by atoms with E-state index in [1.54, 1.807) is 0 Å². The van der Waals surface area contributed by atoms with E-state index >= 15 is 0 Å². The van der Waals surface area contributed by atoms with Gasteiger partial charge in [0.1, 0.15) is 17.0 Å². The molecular weight excluding hydrogens is 372 g/mol. The summed E-state index contributed by atoms with van der Waals surface area (Å²) in [7, 11) is 0. The van der Waals surface area contributed by atoms with Crippen molar-refractivity contribution in [3.8, 4) is 0 Å². The molecule has 5 nitrogen and oxygen atoms in total. The molecule has 5 heteroatoms. The van der Waals surface area contributed by atoms with Crippen LogP contribution in [0.3, 0.4) is 0 Å². The van der Waals surface area contributed by atoms with E-state index < -0.39 is 0 Å². The summed E-state index contributed by atoms with van der Waals surface area (Å²) in [6.45, 7) is 13.1. The molecule has 0 amide bonds. The smallest absolute Gasteiger partial charge is 0.178 e. The third kappa shape index (κ3) is 2.26. The van der Waals surface area contributed by atoms with E-state index in [2.05, 4.69) is 70.2 Å². The van der Waals surface area contributed by atoms with Gasteiger partial charge in [0, 0.05) is 32.7 Å². The highest BCUT2D eigenvalue weighted by Gasteiger charge is 2.25. The Hall–Kier alpha value is -3.21. The lowest BCUT2D eigenvalue weighted by atomic mass is 9.91. The van der Waals surface area contributed by atoms with E-state index in [0.717, 1.165) is 61.2 Å². The molecule has 0 aliphatic rings. The van der Waals surface area contributed by atoms with Gasteiger partial charge in [-0.15, -0.1) is 0 Å². The van der Waals surface area contributed by atoms with Gasteiger partial charge in [-0.25, -0.2) is 15.0 Å². The van der Waals surface area contributed by atoms with E-state index in [4.69, 9.17) is 19.4 Å². The maximum Gasteiger partial charge on any atom is 0.178 e. The maximum absolute atomic E-state index is 5.89. The summed E-state index contributed by atoms with van der Waals surface area (Å²) < 4.78 is 8.08. The number of pyridine rings is 1. The fraction of sp³-hybridized carbons (Fsp3) is 0.320. The van der Waals surface area contributed by atoms with Crippen molar-refractivity contribution in [2.75, 3.05) is 0 Å². The summed E-state index contributed by atoms with van der Waals surface area (Å²) >= 11 is 0. The molecule has 5 aromatic heterocycles. The molecule has 2 bridgehead atoms. The molecule has 0 saturated carbocycles. The molecule has 0 aliphatic heterocycles. The van der Waals surface area contributed by atoms with Gasteiger partial charge in [0.25, 0.3) is 0 Å². The van der Waals surface area contributed by atoms with Crippen LogP contribution in [0.25, 0.3) is 49.7 Å². The Balaban J connectivity index is 1.82. The van der Waals surface area contributed by atoms with Crippen LogP contribution in [0.15, 0.2) is 40.8 Å². The van der Waals surface area contributed by atoms with Gasteiger partial charge in [-0.05, 0) is 36.4 Å². The largest absolute Gasteiger partial charge is 0.456 e. The van der Waals surface area contributed by atoms with Gasteiger partial charge < -0.3 is 4.42 Å². The zero-order valence-corrected chi connectivity index (χ0v) is 18.2. The van der Waals surface area contributed by atoms with Crippen LogP contribution in [0.5, 0.6) is 0 Å². The number of imidazole rings is 1. The third-order valence-corrected chi connectivity index (χ3v) is 5.91. The molecule has 1 aromatic carbocycles. The molecule has 0 atom stereocenters. The Bertz CT molecular complexity index is 1610. The Labute approximate surface area is 174 Å². The van der Waals surface area contributed by atoms with Crippen molar-refractivity contribution in [2.24, 2.45) is 0 Å². The molecule has 0 N–H and O–H groups in total. The van der Waals surface area contributed by atoms with Crippen LogP contribution in [0.2, 0.25) is 0 Å². The normalized spacial score (nSPS) is 13.7. The zero-order chi connectivity index (χ0) is 21.0. The predicted octanol–water partition coefficient (Wildman–Crippen LogP) is 6.36. The molecule has 150 valence electrons. The van der Waals surface area contributed by atoms with Gasteiger partial charge in [-0.2, -0.15) is 0 Å². The molecule has 30 heavy (non-hydrogen) atoms. The lowest BCUT2D eigenvalue weighted by Gasteiger charge is -2.21. The SMILES string of the molecule is CC(C)(C)c1ccc2c(n1)nc1c3cc4c5ccc(o5)c4cc3nc(C(C)(C)C)n21. The monoisotopic (exact) mass is 396 g/mol. The zero-order valence-electron chi connectivity index (χ0n) is 18.2. The van der Waals surface area contributed by atoms with Gasteiger partial charge >= 0.3 is 0 Å². The minimum atomic E-state index is -0.154. The topological polar surface area (TPSA) is 56.2 Å². The number of aromatic nitrogens is 4. The minimum absolute atomic E-state index is 0.0330. The third-order valence-electron chi connectivity index (χ3n) is 5.91. The standard InChI is InChI=1S/C25H24N4O/c1-24(2,3)20-10-7-17-21(27-20)28-22-15-11-13-14(19-9-8-18(13)30-19)12-16(15)26-23(29(17)22)25(4,5)6/h7-12H,1-6H3. The summed E-state index contributed by atoms with van der Waals surface area (Å²) in [5.74, 6) is 0.982. The van der Waals surface area contributed by atoms with Crippen molar-refractivity contribution in [1.29, 1.82) is 0 Å². The maximum atomic E-state index is 5.89. The lowest BCUT2D eigenvalue weighted by Crippen LogP contribution is -2.19. The van der Waals surface area contributed by atoms with Crippen LogP contribution in [-0.4, -0.2) is 19.4 Å². The van der Waals surface area contributed by atoms with Gasteiger partial charge in [0.15, 0.2) is 11.3 Å². The van der Waals surface area contributed by atoms with Crippen molar-refractivity contribution in [3.63, 3.8) is 0 Å². The highest BCUT2D eigenvalue weighted by atomic mass is 16.3. The molecule has 6 rings (SSSR count). The first kappa shape index (κ1) is 17.6. The average Bonchev–Trinajstić information content (AvgIpc) is 3.37. The Morgan fingerprint density at radius 2 is 1.43 bits per heavy atom. The number of fused-ring (bicyclic) bond motifs is 10. The summed E-state index contributed by atoms with van der Waals surface area (Å²) in [6, 6.07) is 12.6. The number of hydrogen-bond donors (Lipinski definition) is 0. The van der Waals surface area contributed by atoms with Crippen molar-refractivity contribution in [3.05, 3.63) is 47.9 Å². The van der Waals surface area contributed by atoms with E-state index in [1.165, 1.54) is 0 Å². The molecule has 0 spiro atoms. The van der Waals surface area contributed by atoms with Crippen molar-refractivity contribution in [2.45, 2.75) is 52.4 Å². The molecule has 0 radical (unpaired) electrons. The van der Waals surface area contributed by atoms with Crippen LogP contribution in [0.1, 0.15) is 53.1 Å². The first-order valence-corrected chi connectivity index (χ1v) is 10.4. The number of rotatable bonds is 0. The summed E-state index contributed by atoms with van der Waals surface area (Å²) in [5, 5.41) is 3.25. The minimum Gasteiger partial charge on any atom is -0.456 e. The fourth-order valence-corrected chi connectivity index (χ4v) is 4.34. The van der Waals surface area contributed by atoms with Gasteiger partial charge in [-0.1, -0.05) is 41.5 Å². The Morgan fingerprint density at radius 1 is 0.733 bits per heavy atom. The summed E-state index contributed by atoms with van der Waals surface area (Å²) in [5.41, 5.74) is 6.27.